The van der Waals surface area contributed by atoms with Crippen molar-refractivity contribution in [2.45, 2.75) is 53.6 Å². The molecule has 94 valence electrons. The monoisotopic (exact) mass is 228 g/mol. The van der Waals surface area contributed by atoms with Gasteiger partial charge < -0.3 is 10.6 Å². The van der Waals surface area contributed by atoms with Crippen LogP contribution in [-0.4, -0.2) is 18.0 Å². The highest BCUT2D eigenvalue weighted by Crippen LogP contribution is 2.02. The molecule has 0 aliphatic carbocycles. The molecule has 16 heavy (non-hydrogen) atoms. The van der Waals surface area contributed by atoms with Crippen molar-refractivity contribution in [3.63, 3.8) is 0 Å². The van der Waals surface area contributed by atoms with Gasteiger partial charge in [-0.15, -0.1) is 0 Å². The lowest BCUT2D eigenvalue weighted by molar-refractivity contribution is -0.127. The average molecular weight is 228 g/mol. The molecule has 0 rings (SSSR count). The molecule has 0 aliphatic heterocycles. The van der Waals surface area contributed by atoms with Crippen LogP contribution in [0.3, 0.4) is 0 Å². The van der Waals surface area contributed by atoms with Crippen molar-refractivity contribution in [2.24, 2.45) is 11.8 Å². The van der Waals surface area contributed by atoms with E-state index in [1.165, 1.54) is 0 Å². The fourth-order valence-corrected chi connectivity index (χ4v) is 1.12. The average Bonchev–Trinajstić information content (AvgIpc) is 2.26. The van der Waals surface area contributed by atoms with E-state index in [1.54, 1.807) is 6.92 Å². The highest BCUT2D eigenvalue weighted by molar-refractivity contribution is 5.81. The molecule has 0 aliphatic rings. The molecule has 2 unspecified atom stereocenters. The van der Waals surface area contributed by atoms with Crippen LogP contribution in [0.4, 0.5) is 0 Å². The Balaban J connectivity index is 4.03. The van der Waals surface area contributed by atoms with Crippen LogP contribution in [0.15, 0.2) is 0 Å². The van der Waals surface area contributed by atoms with Gasteiger partial charge in [0.05, 0.1) is 6.17 Å². The van der Waals surface area contributed by atoms with Gasteiger partial charge in [-0.2, -0.15) is 0 Å². The first-order valence-corrected chi connectivity index (χ1v) is 6.03. The molecular formula is C12H24N2O2. The van der Waals surface area contributed by atoms with E-state index in [9.17, 15) is 9.59 Å². The summed E-state index contributed by atoms with van der Waals surface area (Å²) in [5.74, 6) is -0.0511. The molecule has 0 aromatic heterocycles. The fraction of sp³-hybridized carbons (Fsp3) is 0.833. The zero-order valence-electron chi connectivity index (χ0n) is 11.0. The summed E-state index contributed by atoms with van der Waals surface area (Å²) in [5.41, 5.74) is 0. The third kappa shape index (κ3) is 5.14. The van der Waals surface area contributed by atoms with Crippen LogP contribution in [0, 0.1) is 11.8 Å². The molecule has 0 aromatic rings. The largest absolute Gasteiger partial charge is 0.336 e. The fourth-order valence-electron chi connectivity index (χ4n) is 1.12. The van der Waals surface area contributed by atoms with Crippen molar-refractivity contribution in [1.82, 2.24) is 10.6 Å². The van der Waals surface area contributed by atoms with Crippen molar-refractivity contribution >= 4 is 11.8 Å². The molecule has 2 N–H and O–H groups in total. The van der Waals surface area contributed by atoms with Gasteiger partial charge in [0.2, 0.25) is 11.8 Å². The molecule has 4 heteroatoms. The second-order valence-corrected chi connectivity index (χ2v) is 4.36. The van der Waals surface area contributed by atoms with Gasteiger partial charge in [0, 0.05) is 11.8 Å². The van der Waals surface area contributed by atoms with Gasteiger partial charge in [-0.1, -0.05) is 27.7 Å². The molecule has 0 heterocycles. The van der Waals surface area contributed by atoms with E-state index < -0.39 is 0 Å². The number of carbonyl (C=O) groups excluding carboxylic acids is 2. The van der Waals surface area contributed by atoms with E-state index in [1.807, 2.05) is 27.7 Å². The molecule has 4 nitrogen and oxygen atoms in total. The van der Waals surface area contributed by atoms with E-state index in [0.717, 1.165) is 12.8 Å². The Morgan fingerprint density at radius 1 is 0.875 bits per heavy atom. The number of carbonyl (C=O) groups is 2. The first kappa shape index (κ1) is 14.9. The third-order valence-corrected chi connectivity index (χ3v) is 2.84. The molecule has 2 atom stereocenters. The number of amides is 2. The Bertz CT molecular complexity index is 217. The van der Waals surface area contributed by atoms with Gasteiger partial charge >= 0.3 is 0 Å². The lowest BCUT2D eigenvalue weighted by Gasteiger charge is -2.19. The Morgan fingerprint density at radius 2 is 1.19 bits per heavy atom. The minimum Gasteiger partial charge on any atom is -0.336 e. The van der Waals surface area contributed by atoms with Crippen LogP contribution in [-0.2, 0) is 9.59 Å². The summed E-state index contributed by atoms with van der Waals surface area (Å²) in [5, 5.41) is 5.54. The first-order chi connectivity index (χ1) is 7.42. The minimum atomic E-state index is -0.303. The Kier molecular flexibility index (Phi) is 6.77. The van der Waals surface area contributed by atoms with Crippen LogP contribution in [0.1, 0.15) is 47.5 Å². The van der Waals surface area contributed by atoms with Crippen LogP contribution in [0.5, 0.6) is 0 Å². The van der Waals surface area contributed by atoms with Crippen molar-refractivity contribution < 1.29 is 9.59 Å². The molecule has 0 spiro atoms. The quantitative estimate of drug-likeness (QED) is 0.679. The third-order valence-electron chi connectivity index (χ3n) is 2.84. The summed E-state index contributed by atoms with van der Waals surface area (Å²) >= 11 is 0. The molecule has 2 amide bonds. The van der Waals surface area contributed by atoms with Crippen LogP contribution >= 0.6 is 0 Å². The summed E-state index contributed by atoms with van der Waals surface area (Å²) in [4.78, 5) is 23.1. The van der Waals surface area contributed by atoms with Crippen molar-refractivity contribution in [3.05, 3.63) is 0 Å². The predicted molar refractivity (Wildman–Crippen MR) is 64.7 cm³/mol. The molecule has 0 saturated carbocycles. The van der Waals surface area contributed by atoms with Crippen molar-refractivity contribution in [3.8, 4) is 0 Å². The number of rotatable bonds is 6. The Labute approximate surface area is 98.2 Å². The zero-order valence-corrected chi connectivity index (χ0v) is 11.0. The summed E-state index contributed by atoms with van der Waals surface area (Å²) in [7, 11) is 0. The number of hydrogen-bond acceptors (Lipinski definition) is 2. The summed E-state index contributed by atoms with van der Waals surface area (Å²) < 4.78 is 0. The lowest BCUT2D eigenvalue weighted by atomic mass is 10.1. The lowest BCUT2D eigenvalue weighted by Crippen LogP contribution is -2.48. The van der Waals surface area contributed by atoms with Gasteiger partial charge in [0.15, 0.2) is 0 Å². The Morgan fingerprint density at radius 3 is 1.44 bits per heavy atom. The molecular weight excluding hydrogens is 204 g/mol. The standard InChI is InChI=1S/C12H24N2O2/c1-6-8(3)11(15)13-10(5)14-12(16)9(4)7-2/h8-10H,6-7H2,1-5H3,(H,13,15)(H,14,16). The van der Waals surface area contributed by atoms with Crippen LogP contribution in [0.25, 0.3) is 0 Å². The smallest absolute Gasteiger partial charge is 0.224 e. The van der Waals surface area contributed by atoms with E-state index >= 15 is 0 Å². The van der Waals surface area contributed by atoms with Crippen molar-refractivity contribution in [2.75, 3.05) is 0 Å². The Hall–Kier alpha value is -1.06. The van der Waals surface area contributed by atoms with Gasteiger partial charge in [0.25, 0.3) is 0 Å². The highest BCUT2D eigenvalue weighted by Gasteiger charge is 2.16. The maximum Gasteiger partial charge on any atom is 0.224 e. The van der Waals surface area contributed by atoms with E-state index in [0.29, 0.717) is 0 Å². The molecule has 0 radical (unpaired) electrons. The molecule has 0 fully saturated rings. The zero-order chi connectivity index (χ0) is 12.7. The second-order valence-electron chi connectivity index (χ2n) is 4.36. The van der Waals surface area contributed by atoms with Crippen molar-refractivity contribution in [1.29, 1.82) is 0 Å². The summed E-state index contributed by atoms with van der Waals surface area (Å²) in [6.07, 6.45) is 1.30. The molecule has 0 bridgehead atoms. The van der Waals surface area contributed by atoms with Crippen LogP contribution in [0.2, 0.25) is 0 Å². The normalized spacial score (nSPS) is 16.1. The highest BCUT2D eigenvalue weighted by atomic mass is 16.2. The molecule has 0 saturated heterocycles. The van der Waals surface area contributed by atoms with E-state index in [-0.39, 0.29) is 29.8 Å². The van der Waals surface area contributed by atoms with E-state index in [4.69, 9.17) is 0 Å². The maximum atomic E-state index is 11.5. The maximum absolute atomic E-state index is 11.5. The number of hydrogen-bond donors (Lipinski definition) is 2. The summed E-state index contributed by atoms with van der Waals surface area (Å²) in [6, 6.07) is 0. The van der Waals surface area contributed by atoms with Crippen LogP contribution < -0.4 is 10.6 Å². The van der Waals surface area contributed by atoms with E-state index in [2.05, 4.69) is 10.6 Å². The van der Waals surface area contributed by atoms with Gasteiger partial charge in [-0.3, -0.25) is 9.59 Å². The SMILES string of the molecule is CCC(C)C(=O)NC(C)NC(=O)C(C)CC. The summed E-state index contributed by atoms with van der Waals surface area (Å²) in [6.45, 7) is 9.46. The first-order valence-electron chi connectivity index (χ1n) is 6.03. The number of nitrogens with one attached hydrogen (secondary N) is 2. The predicted octanol–water partition coefficient (Wildman–Crippen LogP) is 1.66. The molecule has 0 aromatic carbocycles. The van der Waals surface area contributed by atoms with Gasteiger partial charge in [-0.05, 0) is 19.8 Å². The van der Waals surface area contributed by atoms with Gasteiger partial charge in [0.1, 0.15) is 0 Å². The van der Waals surface area contributed by atoms with Gasteiger partial charge in [-0.25, -0.2) is 0 Å². The second kappa shape index (κ2) is 7.25. The topological polar surface area (TPSA) is 58.2 Å². The minimum absolute atomic E-state index is 0.0112.